The second kappa shape index (κ2) is 9.56. The monoisotopic (exact) mass is 481 g/mol. The molecular formula is C24H23N3O4S2. The van der Waals surface area contributed by atoms with Gasteiger partial charge in [-0.25, -0.2) is 4.98 Å². The molecule has 4 heterocycles. The number of carbonyl (C=O) groups excluding carboxylic acids is 1. The van der Waals surface area contributed by atoms with E-state index in [4.69, 9.17) is 24.2 Å². The first-order valence-electron chi connectivity index (χ1n) is 10.6. The minimum absolute atomic E-state index is 0.0325. The summed E-state index contributed by atoms with van der Waals surface area (Å²) in [5.74, 6) is 2.15. The molecule has 33 heavy (non-hydrogen) atoms. The number of ketones is 1. The van der Waals surface area contributed by atoms with Crippen molar-refractivity contribution in [3.63, 3.8) is 0 Å². The molecule has 0 atom stereocenters. The molecule has 0 aliphatic carbocycles. The number of methoxy groups -OCH3 is 1. The fourth-order valence-corrected chi connectivity index (χ4v) is 5.51. The number of nitrogens with zero attached hydrogens (tertiary/aromatic N) is 3. The van der Waals surface area contributed by atoms with E-state index in [0.717, 1.165) is 33.7 Å². The maximum atomic E-state index is 11.8. The van der Waals surface area contributed by atoms with Crippen molar-refractivity contribution in [2.75, 3.05) is 33.4 Å². The number of rotatable bonds is 7. The van der Waals surface area contributed by atoms with Gasteiger partial charge in [0.15, 0.2) is 17.3 Å². The van der Waals surface area contributed by atoms with Crippen LogP contribution in [0.1, 0.15) is 23.1 Å². The van der Waals surface area contributed by atoms with Crippen LogP contribution in [-0.4, -0.2) is 54.1 Å². The Balaban J connectivity index is 1.59. The van der Waals surface area contributed by atoms with Gasteiger partial charge in [-0.1, -0.05) is 6.07 Å². The number of aromatic nitrogens is 2. The van der Waals surface area contributed by atoms with Crippen LogP contribution < -0.4 is 9.47 Å². The highest BCUT2D eigenvalue weighted by atomic mass is 32.1. The number of benzene rings is 1. The van der Waals surface area contributed by atoms with Gasteiger partial charge >= 0.3 is 0 Å². The summed E-state index contributed by atoms with van der Waals surface area (Å²) in [4.78, 5) is 25.8. The average Bonchev–Trinajstić information content (AvgIpc) is 3.50. The van der Waals surface area contributed by atoms with Gasteiger partial charge in [0, 0.05) is 34.5 Å². The number of carbonyl (C=O) groups is 1. The standard InChI is InChI=1S/C24H23N3O4S2/c1-15(28)16-5-6-18(19(12-16)29-2)31-23-22-17(20-4-3-11-32-20)14-33-24(22)26-21(25-23)13-27-7-9-30-10-8-27/h3-6,11-12,14H,7-10,13H2,1-2H3. The van der Waals surface area contributed by atoms with E-state index in [9.17, 15) is 4.79 Å². The van der Waals surface area contributed by atoms with E-state index in [0.29, 0.717) is 48.5 Å². The third-order valence-electron chi connectivity index (χ3n) is 5.48. The molecule has 170 valence electrons. The van der Waals surface area contributed by atoms with Gasteiger partial charge in [0.1, 0.15) is 10.7 Å². The van der Waals surface area contributed by atoms with Gasteiger partial charge in [-0.05, 0) is 36.6 Å². The van der Waals surface area contributed by atoms with Crippen molar-refractivity contribution in [3.05, 3.63) is 52.5 Å². The lowest BCUT2D eigenvalue weighted by atomic mass is 10.1. The lowest BCUT2D eigenvalue weighted by Crippen LogP contribution is -2.36. The number of fused-ring (bicyclic) bond motifs is 1. The van der Waals surface area contributed by atoms with E-state index >= 15 is 0 Å². The number of thiophene rings is 2. The van der Waals surface area contributed by atoms with Gasteiger partial charge in [0.25, 0.3) is 0 Å². The molecule has 9 heteroatoms. The quantitative estimate of drug-likeness (QED) is 0.334. The molecule has 0 spiro atoms. The predicted octanol–water partition coefficient (Wildman–Crippen LogP) is 5.26. The second-order valence-electron chi connectivity index (χ2n) is 7.66. The van der Waals surface area contributed by atoms with E-state index in [1.165, 1.54) is 6.92 Å². The Kier molecular flexibility index (Phi) is 6.37. The predicted molar refractivity (Wildman–Crippen MR) is 130 cm³/mol. The van der Waals surface area contributed by atoms with Crippen LogP contribution in [0.25, 0.3) is 20.7 Å². The molecule has 0 unspecified atom stereocenters. The minimum Gasteiger partial charge on any atom is -0.493 e. The van der Waals surface area contributed by atoms with E-state index in [-0.39, 0.29) is 5.78 Å². The topological polar surface area (TPSA) is 73.8 Å². The molecule has 0 N–H and O–H groups in total. The summed E-state index contributed by atoms with van der Waals surface area (Å²) in [6.07, 6.45) is 0. The summed E-state index contributed by atoms with van der Waals surface area (Å²) in [5.41, 5.74) is 1.62. The number of Topliss-reactive ketones (excluding diaryl/α,β-unsaturated/α-hetero) is 1. The third-order valence-corrected chi connectivity index (χ3v) is 7.25. The summed E-state index contributed by atoms with van der Waals surface area (Å²) in [7, 11) is 1.56. The molecule has 1 aliphatic rings. The highest BCUT2D eigenvalue weighted by Crippen LogP contribution is 2.42. The fourth-order valence-electron chi connectivity index (χ4n) is 3.74. The van der Waals surface area contributed by atoms with Gasteiger partial charge in [0.2, 0.25) is 5.88 Å². The molecular weight excluding hydrogens is 458 g/mol. The molecule has 0 bridgehead atoms. The van der Waals surface area contributed by atoms with E-state index in [1.807, 2.05) is 6.07 Å². The molecule has 1 fully saturated rings. The summed E-state index contributed by atoms with van der Waals surface area (Å²) in [6.45, 7) is 5.29. The van der Waals surface area contributed by atoms with Crippen LogP contribution in [0.15, 0.2) is 41.1 Å². The van der Waals surface area contributed by atoms with Crippen LogP contribution >= 0.6 is 22.7 Å². The summed E-state index contributed by atoms with van der Waals surface area (Å²) < 4.78 is 17.3. The van der Waals surface area contributed by atoms with Crippen LogP contribution in [0.3, 0.4) is 0 Å². The SMILES string of the molecule is COc1cc(C(C)=O)ccc1Oc1nc(CN2CCOCC2)nc2scc(-c3cccs3)c12. The highest BCUT2D eigenvalue weighted by molar-refractivity contribution is 7.18. The molecule has 0 amide bonds. The lowest BCUT2D eigenvalue weighted by Gasteiger charge is -2.25. The van der Waals surface area contributed by atoms with Crippen molar-refractivity contribution in [1.29, 1.82) is 0 Å². The first kappa shape index (κ1) is 22.0. The van der Waals surface area contributed by atoms with Gasteiger partial charge in [-0.15, -0.1) is 22.7 Å². The number of hydrogen-bond donors (Lipinski definition) is 0. The zero-order valence-electron chi connectivity index (χ0n) is 18.4. The van der Waals surface area contributed by atoms with Crippen LogP contribution in [-0.2, 0) is 11.3 Å². The van der Waals surface area contributed by atoms with Gasteiger partial charge in [0.05, 0.1) is 32.3 Å². The zero-order chi connectivity index (χ0) is 22.8. The van der Waals surface area contributed by atoms with Crippen LogP contribution in [0, 0.1) is 0 Å². The highest BCUT2D eigenvalue weighted by Gasteiger charge is 2.21. The Morgan fingerprint density at radius 1 is 1.15 bits per heavy atom. The summed E-state index contributed by atoms with van der Waals surface area (Å²) in [6, 6.07) is 9.29. The largest absolute Gasteiger partial charge is 0.493 e. The lowest BCUT2D eigenvalue weighted by molar-refractivity contribution is 0.0330. The van der Waals surface area contributed by atoms with E-state index in [1.54, 1.807) is 48.0 Å². The van der Waals surface area contributed by atoms with Crippen LogP contribution in [0.4, 0.5) is 0 Å². The van der Waals surface area contributed by atoms with Crippen molar-refractivity contribution < 1.29 is 19.0 Å². The minimum atomic E-state index is -0.0325. The molecule has 1 aliphatic heterocycles. The fraction of sp³-hybridized carbons (Fsp3) is 0.292. The zero-order valence-corrected chi connectivity index (χ0v) is 20.0. The number of morpholine rings is 1. The van der Waals surface area contributed by atoms with Gasteiger partial charge in [-0.3, -0.25) is 9.69 Å². The molecule has 1 aromatic carbocycles. The number of ether oxygens (including phenoxy) is 3. The molecule has 4 aromatic rings. The Hall–Kier alpha value is -2.85. The van der Waals surface area contributed by atoms with Crippen molar-refractivity contribution in [2.45, 2.75) is 13.5 Å². The number of hydrogen-bond acceptors (Lipinski definition) is 9. The molecule has 0 saturated carbocycles. The second-order valence-corrected chi connectivity index (χ2v) is 9.47. The third kappa shape index (κ3) is 4.63. The van der Waals surface area contributed by atoms with Crippen LogP contribution in [0.5, 0.6) is 17.4 Å². The molecule has 5 rings (SSSR count). The average molecular weight is 482 g/mol. The van der Waals surface area contributed by atoms with Crippen LogP contribution in [0.2, 0.25) is 0 Å². The van der Waals surface area contributed by atoms with Crippen molar-refractivity contribution >= 4 is 38.7 Å². The van der Waals surface area contributed by atoms with E-state index < -0.39 is 0 Å². The smallest absolute Gasteiger partial charge is 0.232 e. The Morgan fingerprint density at radius 2 is 2.00 bits per heavy atom. The summed E-state index contributed by atoms with van der Waals surface area (Å²) >= 11 is 3.25. The maximum absolute atomic E-state index is 11.8. The van der Waals surface area contributed by atoms with Gasteiger partial charge in [-0.2, -0.15) is 4.98 Å². The van der Waals surface area contributed by atoms with Crippen molar-refractivity contribution in [3.8, 4) is 27.8 Å². The maximum Gasteiger partial charge on any atom is 0.232 e. The summed E-state index contributed by atoms with van der Waals surface area (Å²) in [5, 5.41) is 5.04. The first-order valence-corrected chi connectivity index (χ1v) is 12.4. The van der Waals surface area contributed by atoms with Crippen molar-refractivity contribution in [1.82, 2.24) is 14.9 Å². The molecule has 7 nitrogen and oxygen atoms in total. The molecule has 3 aromatic heterocycles. The molecule has 0 radical (unpaired) electrons. The normalized spacial score (nSPS) is 14.5. The first-order chi connectivity index (χ1) is 16.1. The molecule has 1 saturated heterocycles. The Morgan fingerprint density at radius 3 is 2.73 bits per heavy atom. The van der Waals surface area contributed by atoms with E-state index in [2.05, 4.69) is 21.7 Å². The van der Waals surface area contributed by atoms with Gasteiger partial charge < -0.3 is 14.2 Å². The Bertz CT molecular complexity index is 1280. The Labute approximate surface area is 199 Å². The van der Waals surface area contributed by atoms with Crippen molar-refractivity contribution in [2.24, 2.45) is 0 Å².